The van der Waals surface area contributed by atoms with Gasteiger partial charge in [0.25, 0.3) is 0 Å². The largest absolute Gasteiger partial charge is 0.475 e. The number of ether oxygens (including phenoxy) is 1. The van der Waals surface area contributed by atoms with Crippen molar-refractivity contribution in [3.05, 3.63) is 59.7 Å². The number of piperazine rings is 1. The molecule has 1 saturated heterocycles. The summed E-state index contributed by atoms with van der Waals surface area (Å²) in [5.74, 6) is 1.56. The van der Waals surface area contributed by atoms with Crippen LogP contribution in [-0.4, -0.2) is 53.1 Å². The Morgan fingerprint density at radius 1 is 1.00 bits per heavy atom. The number of fused-ring (bicyclic) bond motifs is 6. The molecule has 3 aliphatic rings. The van der Waals surface area contributed by atoms with E-state index in [9.17, 15) is 4.79 Å². The van der Waals surface area contributed by atoms with Crippen molar-refractivity contribution >= 4 is 29.5 Å². The Bertz CT molecular complexity index is 1310. The first-order chi connectivity index (χ1) is 18.5. The van der Waals surface area contributed by atoms with Crippen LogP contribution in [-0.2, 0) is 4.79 Å². The molecule has 2 aliphatic heterocycles. The number of aryl methyl sites for hydroxylation is 2. The maximum absolute atomic E-state index is 13.4. The zero-order valence-electron chi connectivity index (χ0n) is 22.2. The van der Waals surface area contributed by atoms with Crippen molar-refractivity contribution in [3.8, 4) is 17.1 Å². The quantitative estimate of drug-likeness (QED) is 0.416. The molecule has 3 heterocycles. The highest BCUT2D eigenvalue weighted by Crippen LogP contribution is 2.33. The van der Waals surface area contributed by atoms with E-state index in [1.807, 2.05) is 6.07 Å². The standard InChI is InChI=1S/C30H35N5O2S/c1-20-8-6-9-21(2)28(20)26-17-27-32-30(31-26)33-38-25-13-7-12-23(16-25)35-15-14-34(18-24(35)19-37-27)29(36)22-10-4-3-5-11-22/h6-9,12-13,16-17,22,24H,3-5,10-11,14-15,18-19H2,1-2H3,(H,31,32,33). The summed E-state index contributed by atoms with van der Waals surface area (Å²) in [6.07, 6.45) is 5.64. The second kappa shape index (κ2) is 10.8. The molecule has 198 valence electrons. The summed E-state index contributed by atoms with van der Waals surface area (Å²) in [4.78, 5) is 28.5. The number of nitrogens with one attached hydrogen (secondary N) is 1. The molecule has 1 atom stereocenters. The Morgan fingerprint density at radius 2 is 1.79 bits per heavy atom. The fourth-order valence-electron chi connectivity index (χ4n) is 6.05. The summed E-state index contributed by atoms with van der Waals surface area (Å²) in [6.45, 7) is 6.84. The lowest BCUT2D eigenvalue weighted by Crippen LogP contribution is -2.58. The third kappa shape index (κ3) is 5.19. The van der Waals surface area contributed by atoms with E-state index in [2.05, 4.69) is 70.8 Å². The summed E-state index contributed by atoms with van der Waals surface area (Å²) < 4.78 is 9.73. The van der Waals surface area contributed by atoms with Crippen LogP contribution in [0.5, 0.6) is 5.88 Å². The Hall–Kier alpha value is -3.26. The number of carbonyl (C=O) groups is 1. The minimum absolute atomic E-state index is 0.0333. The number of nitrogens with zero attached hydrogens (tertiary/aromatic N) is 4. The number of aromatic nitrogens is 2. The van der Waals surface area contributed by atoms with Gasteiger partial charge in [0, 0.05) is 47.8 Å². The molecule has 4 bridgehead atoms. The van der Waals surface area contributed by atoms with E-state index in [4.69, 9.17) is 14.7 Å². The van der Waals surface area contributed by atoms with Gasteiger partial charge in [0.15, 0.2) is 0 Å². The minimum atomic E-state index is 0.0333. The number of rotatable bonds is 2. The summed E-state index contributed by atoms with van der Waals surface area (Å²) in [7, 11) is 0. The van der Waals surface area contributed by atoms with Gasteiger partial charge in [-0.05, 0) is 68.0 Å². The Morgan fingerprint density at radius 3 is 2.61 bits per heavy atom. The van der Waals surface area contributed by atoms with Crippen molar-refractivity contribution in [2.24, 2.45) is 5.92 Å². The fraction of sp³-hybridized carbons (Fsp3) is 0.433. The summed E-state index contributed by atoms with van der Waals surface area (Å²) in [6, 6.07) is 16.8. The van der Waals surface area contributed by atoms with Gasteiger partial charge in [-0.25, -0.2) is 4.98 Å². The van der Waals surface area contributed by atoms with Crippen LogP contribution in [0, 0.1) is 19.8 Å². The van der Waals surface area contributed by atoms with E-state index in [1.54, 1.807) is 0 Å². The summed E-state index contributed by atoms with van der Waals surface area (Å²) >= 11 is 1.50. The van der Waals surface area contributed by atoms with Crippen molar-refractivity contribution < 1.29 is 9.53 Å². The normalized spacial score (nSPS) is 19.9. The maximum atomic E-state index is 13.4. The van der Waals surface area contributed by atoms with Gasteiger partial charge in [0.1, 0.15) is 6.61 Å². The zero-order chi connectivity index (χ0) is 26.1. The number of anilines is 2. The van der Waals surface area contributed by atoms with Crippen molar-refractivity contribution in [1.82, 2.24) is 14.9 Å². The SMILES string of the molecule is Cc1cccc(C)c1-c1cc2nc(n1)NSc1cccc(c1)N1CCN(C(=O)C3CCCCC3)CC1CO2. The van der Waals surface area contributed by atoms with E-state index in [0.717, 1.165) is 58.9 Å². The van der Waals surface area contributed by atoms with Crippen LogP contribution in [0.3, 0.4) is 0 Å². The fourth-order valence-corrected chi connectivity index (χ4v) is 6.68. The molecule has 1 saturated carbocycles. The molecule has 3 aromatic rings. The minimum Gasteiger partial charge on any atom is -0.475 e. The van der Waals surface area contributed by atoms with Gasteiger partial charge in [-0.2, -0.15) is 4.98 Å². The number of hydrogen-bond donors (Lipinski definition) is 1. The average Bonchev–Trinajstić information content (AvgIpc) is 2.94. The molecule has 6 rings (SSSR count). The molecule has 0 radical (unpaired) electrons. The second-order valence-corrected chi connectivity index (χ2v) is 11.5. The maximum Gasteiger partial charge on any atom is 0.237 e. The topological polar surface area (TPSA) is 70.6 Å². The van der Waals surface area contributed by atoms with Gasteiger partial charge >= 0.3 is 0 Å². The lowest BCUT2D eigenvalue weighted by atomic mass is 9.88. The lowest BCUT2D eigenvalue weighted by Gasteiger charge is -2.43. The van der Waals surface area contributed by atoms with Crippen molar-refractivity contribution in [3.63, 3.8) is 0 Å². The van der Waals surface area contributed by atoms with Crippen LogP contribution < -0.4 is 14.4 Å². The number of hydrogen-bond acceptors (Lipinski definition) is 7. The van der Waals surface area contributed by atoms with Gasteiger partial charge in [-0.1, -0.05) is 43.5 Å². The van der Waals surface area contributed by atoms with Crippen LogP contribution in [0.2, 0.25) is 0 Å². The first-order valence-electron chi connectivity index (χ1n) is 13.7. The molecular weight excluding hydrogens is 494 g/mol. The Balaban J connectivity index is 1.32. The molecule has 1 N–H and O–H groups in total. The van der Waals surface area contributed by atoms with Gasteiger partial charge in [0.2, 0.25) is 17.7 Å². The predicted molar refractivity (Wildman–Crippen MR) is 153 cm³/mol. The van der Waals surface area contributed by atoms with Crippen molar-refractivity contribution in [1.29, 1.82) is 0 Å². The molecule has 38 heavy (non-hydrogen) atoms. The van der Waals surface area contributed by atoms with Crippen LogP contribution in [0.25, 0.3) is 11.3 Å². The highest BCUT2D eigenvalue weighted by Gasteiger charge is 2.34. The zero-order valence-corrected chi connectivity index (χ0v) is 23.0. The molecular formula is C30H35N5O2S. The molecule has 2 fully saturated rings. The molecule has 1 amide bonds. The summed E-state index contributed by atoms with van der Waals surface area (Å²) in [5.41, 5.74) is 5.42. The highest BCUT2D eigenvalue weighted by molar-refractivity contribution is 8.00. The lowest BCUT2D eigenvalue weighted by molar-refractivity contribution is -0.137. The molecule has 2 aromatic carbocycles. The van der Waals surface area contributed by atoms with Crippen molar-refractivity contribution in [2.75, 3.05) is 35.9 Å². The third-order valence-electron chi connectivity index (χ3n) is 8.02. The Kier molecular flexibility index (Phi) is 7.15. The van der Waals surface area contributed by atoms with Crippen LogP contribution in [0.15, 0.2) is 53.4 Å². The predicted octanol–water partition coefficient (Wildman–Crippen LogP) is 5.87. The van der Waals surface area contributed by atoms with Gasteiger partial charge in [-0.3, -0.25) is 9.52 Å². The molecule has 1 aliphatic carbocycles. The van der Waals surface area contributed by atoms with E-state index in [1.165, 1.54) is 31.2 Å². The van der Waals surface area contributed by atoms with Gasteiger partial charge in [0.05, 0.1) is 11.7 Å². The molecule has 0 spiro atoms. The van der Waals surface area contributed by atoms with E-state index < -0.39 is 0 Å². The first-order valence-corrected chi connectivity index (χ1v) is 14.5. The summed E-state index contributed by atoms with van der Waals surface area (Å²) in [5, 5.41) is 0. The average molecular weight is 530 g/mol. The Labute approximate surface area is 229 Å². The van der Waals surface area contributed by atoms with Gasteiger partial charge in [-0.15, -0.1) is 0 Å². The molecule has 1 unspecified atom stereocenters. The van der Waals surface area contributed by atoms with Crippen LogP contribution in [0.4, 0.5) is 11.6 Å². The molecule has 7 nitrogen and oxygen atoms in total. The van der Waals surface area contributed by atoms with E-state index in [0.29, 0.717) is 30.9 Å². The highest BCUT2D eigenvalue weighted by atomic mass is 32.2. The number of amides is 1. The van der Waals surface area contributed by atoms with E-state index in [-0.39, 0.29) is 12.0 Å². The van der Waals surface area contributed by atoms with Crippen LogP contribution >= 0.6 is 11.9 Å². The van der Waals surface area contributed by atoms with Gasteiger partial charge < -0.3 is 14.5 Å². The molecule has 8 heteroatoms. The second-order valence-electron chi connectivity index (χ2n) is 10.7. The number of benzene rings is 2. The molecule has 1 aromatic heterocycles. The van der Waals surface area contributed by atoms with E-state index >= 15 is 0 Å². The van der Waals surface area contributed by atoms with Crippen LogP contribution in [0.1, 0.15) is 43.2 Å². The smallest absolute Gasteiger partial charge is 0.237 e. The monoisotopic (exact) mass is 529 g/mol. The third-order valence-corrected chi connectivity index (χ3v) is 8.80. The van der Waals surface area contributed by atoms with Crippen molar-refractivity contribution in [2.45, 2.75) is 56.9 Å². The first kappa shape index (κ1) is 25.0. The number of carbonyl (C=O) groups excluding carboxylic acids is 1.